The van der Waals surface area contributed by atoms with Gasteiger partial charge >= 0.3 is 5.97 Å². The smallest absolute Gasteiger partial charge is 0.326 e. The van der Waals surface area contributed by atoms with Crippen LogP contribution in [0.25, 0.3) is 0 Å². The third-order valence-corrected chi connectivity index (χ3v) is 7.83. The van der Waals surface area contributed by atoms with Gasteiger partial charge in [0.25, 0.3) is 0 Å². The fraction of sp³-hybridized carbons (Fsp3) is 0.882. The maximum absolute atomic E-state index is 12.5. The van der Waals surface area contributed by atoms with E-state index in [0.29, 0.717) is 24.7 Å². The molecule has 0 spiro atoms. The minimum absolute atomic E-state index is 0.0375. The lowest BCUT2D eigenvalue weighted by Gasteiger charge is -2.20. The lowest BCUT2D eigenvalue weighted by atomic mass is 9.84. The van der Waals surface area contributed by atoms with Crippen LogP contribution in [0, 0.1) is 17.8 Å². The number of nitrogens with one attached hydrogen (secondary N) is 2. The molecule has 0 unspecified atom stereocenters. The molecule has 0 aromatic carbocycles. The molecule has 0 radical (unpaired) electrons. The summed E-state index contributed by atoms with van der Waals surface area (Å²) in [7, 11) is 0. The Morgan fingerprint density at radius 1 is 0.634 bits per heavy atom. The van der Waals surface area contributed by atoms with E-state index in [1.54, 1.807) is 0 Å². The highest BCUT2D eigenvalue weighted by Crippen LogP contribution is 2.22. The maximum atomic E-state index is 12.5. The van der Waals surface area contributed by atoms with Gasteiger partial charge in [0.1, 0.15) is 11.8 Å². The average molecular weight is 581 g/mol. The number of aliphatic carboxylic acids is 1. The van der Waals surface area contributed by atoms with Crippen molar-refractivity contribution in [1.29, 1.82) is 0 Å². The molecule has 0 aromatic rings. The fourth-order valence-corrected chi connectivity index (χ4v) is 5.35. The molecule has 0 aliphatic heterocycles. The van der Waals surface area contributed by atoms with E-state index in [1.807, 2.05) is 13.8 Å². The first-order chi connectivity index (χ1) is 19.6. The lowest BCUT2D eigenvalue weighted by molar-refractivity contribution is -0.142. The van der Waals surface area contributed by atoms with Crippen LogP contribution in [0.4, 0.5) is 0 Å². The molecule has 0 saturated heterocycles. The number of ketones is 1. The highest BCUT2D eigenvalue weighted by atomic mass is 16.4. The van der Waals surface area contributed by atoms with E-state index in [9.17, 15) is 24.3 Å². The molecule has 0 heterocycles. The monoisotopic (exact) mass is 580 g/mol. The van der Waals surface area contributed by atoms with E-state index in [2.05, 4.69) is 31.4 Å². The molecular formula is C34H64N2O5. The van der Waals surface area contributed by atoms with Crippen molar-refractivity contribution < 1.29 is 24.3 Å². The Labute approximate surface area is 251 Å². The Morgan fingerprint density at radius 2 is 1.17 bits per heavy atom. The molecule has 0 aliphatic rings. The van der Waals surface area contributed by atoms with Crippen molar-refractivity contribution in [1.82, 2.24) is 10.6 Å². The number of carboxylic acid groups (broad SMARTS) is 1. The Hall–Kier alpha value is -1.92. The number of hydrogen-bond acceptors (Lipinski definition) is 4. The minimum atomic E-state index is -1.11. The first-order valence-corrected chi connectivity index (χ1v) is 16.9. The van der Waals surface area contributed by atoms with Crippen LogP contribution in [0.2, 0.25) is 0 Å². The van der Waals surface area contributed by atoms with Gasteiger partial charge in [-0.1, -0.05) is 118 Å². The predicted octanol–water partition coefficient (Wildman–Crippen LogP) is 7.99. The Morgan fingerprint density at radius 3 is 1.66 bits per heavy atom. The number of carboxylic acids is 1. The normalized spacial score (nSPS) is 12.9. The van der Waals surface area contributed by atoms with Gasteiger partial charge in [-0.05, 0) is 38.0 Å². The van der Waals surface area contributed by atoms with E-state index in [0.717, 1.165) is 44.9 Å². The second-order valence-corrected chi connectivity index (χ2v) is 12.7. The molecule has 0 aromatic heterocycles. The van der Waals surface area contributed by atoms with Gasteiger partial charge in [0, 0.05) is 31.2 Å². The quantitative estimate of drug-likeness (QED) is 0.0812. The molecule has 3 N–H and O–H groups in total. The first kappa shape index (κ1) is 39.1. The maximum Gasteiger partial charge on any atom is 0.326 e. The molecule has 41 heavy (non-hydrogen) atoms. The third-order valence-electron chi connectivity index (χ3n) is 7.83. The van der Waals surface area contributed by atoms with Crippen LogP contribution in [-0.2, 0) is 19.2 Å². The molecule has 0 saturated carbocycles. The largest absolute Gasteiger partial charge is 0.480 e. The number of hydrogen-bond donors (Lipinski definition) is 3. The number of Topliss-reactive ketones (excluding diaryl/α,β-unsaturated/α-hetero) is 1. The van der Waals surface area contributed by atoms with E-state index < -0.39 is 12.0 Å². The summed E-state index contributed by atoms with van der Waals surface area (Å²) >= 11 is 0. The Bertz CT molecular complexity index is 707. The molecule has 7 nitrogen and oxygen atoms in total. The second-order valence-electron chi connectivity index (χ2n) is 12.7. The number of rotatable bonds is 28. The van der Waals surface area contributed by atoms with Crippen LogP contribution in [0.5, 0.6) is 0 Å². The van der Waals surface area contributed by atoms with Gasteiger partial charge in [-0.15, -0.1) is 0 Å². The molecule has 240 valence electrons. The number of carbonyl (C=O) groups excluding carboxylic acids is 3. The summed E-state index contributed by atoms with van der Waals surface area (Å²) in [5.74, 6) is -0.673. The average Bonchev–Trinajstić information content (AvgIpc) is 2.91. The van der Waals surface area contributed by atoms with Crippen LogP contribution >= 0.6 is 0 Å². The van der Waals surface area contributed by atoms with Crippen molar-refractivity contribution in [3.05, 3.63) is 0 Å². The van der Waals surface area contributed by atoms with Gasteiger partial charge in [-0.2, -0.15) is 0 Å². The van der Waals surface area contributed by atoms with Crippen LogP contribution in [0.15, 0.2) is 0 Å². The van der Waals surface area contributed by atoms with E-state index in [-0.39, 0.29) is 36.5 Å². The Kier molecular flexibility index (Phi) is 24.6. The van der Waals surface area contributed by atoms with Crippen molar-refractivity contribution in [2.24, 2.45) is 17.8 Å². The standard InChI is InChI=1S/C34H64N2O5/c1-6-7-8-9-10-11-12-13-14-15-16-17-18-22-32(38)36-30(34(40)41)23-24-31(37)35-25-20-19-21-29(26-27(2)3)33(39)28(4)5/h27-30H,6-26H2,1-5H3,(H,35,37)(H,36,38)(H,40,41)/t29-,30+/m1/s1. The number of amides is 2. The summed E-state index contributed by atoms with van der Waals surface area (Å²) < 4.78 is 0. The number of unbranched alkanes of at least 4 members (excludes halogenated alkanes) is 13. The zero-order valence-corrected chi connectivity index (χ0v) is 27.2. The molecule has 0 aliphatic carbocycles. The second kappa shape index (κ2) is 25.8. The molecule has 0 rings (SSSR count). The van der Waals surface area contributed by atoms with Gasteiger partial charge in [0.05, 0.1) is 0 Å². The Balaban J connectivity index is 3.98. The lowest BCUT2D eigenvalue weighted by Crippen LogP contribution is -2.41. The van der Waals surface area contributed by atoms with Gasteiger partial charge in [-0.25, -0.2) is 4.79 Å². The van der Waals surface area contributed by atoms with Crippen LogP contribution in [0.1, 0.15) is 163 Å². The summed E-state index contributed by atoms with van der Waals surface area (Å²) in [6.07, 6.45) is 19.8. The molecule has 2 atom stereocenters. The SMILES string of the molecule is CCCCCCCCCCCCCCCC(=O)N[C@@H](CCC(=O)NCCCC[C@H](CC(C)C)C(=O)C(C)C)C(=O)O. The molecule has 2 amide bonds. The summed E-state index contributed by atoms with van der Waals surface area (Å²) in [5.41, 5.74) is 0. The third kappa shape index (κ3) is 23.3. The molecular weight excluding hydrogens is 516 g/mol. The van der Waals surface area contributed by atoms with E-state index in [1.165, 1.54) is 64.2 Å². The zero-order chi connectivity index (χ0) is 30.9. The highest BCUT2D eigenvalue weighted by Gasteiger charge is 2.22. The van der Waals surface area contributed by atoms with Crippen molar-refractivity contribution in [3.63, 3.8) is 0 Å². The van der Waals surface area contributed by atoms with Gasteiger partial charge in [0.2, 0.25) is 11.8 Å². The van der Waals surface area contributed by atoms with E-state index in [4.69, 9.17) is 0 Å². The highest BCUT2D eigenvalue weighted by molar-refractivity contribution is 5.84. The summed E-state index contributed by atoms with van der Waals surface area (Å²) in [6.45, 7) is 10.9. The topological polar surface area (TPSA) is 113 Å². The zero-order valence-electron chi connectivity index (χ0n) is 27.2. The molecule has 7 heteroatoms. The fourth-order valence-electron chi connectivity index (χ4n) is 5.35. The van der Waals surface area contributed by atoms with Crippen molar-refractivity contribution in [3.8, 4) is 0 Å². The summed E-state index contributed by atoms with van der Waals surface area (Å²) in [4.78, 5) is 48.6. The van der Waals surface area contributed by atoms with Crippen LogP contribution in [0.3, 0.4) is 0 Å². The number of carbonyl (C=O) groups is 4. The predicted molar refractivity (Wildman–Crippen MR) is 169 cm³/mol. The molecule has 0 bridgehead atoms. The van der Waals surface area contributed by atoms with E-state index >= 15 is 0 Å². The molecule has 0 fully saturated rings. The van der Waals surface area contributed by atoms with Crippen molar-refractivity contribution in [2.75, 3.05) is 6.54 Å². The summed E-state index contributed by atoms with van der Waals surface area (Å²) in [6, 6.07) is -1.05. The van der Waals surface area contributed by atoms with Crippen LogP contribution < -0.4 is 10.6 Å². The minimum Gasteiger partial charge on any atom is -0.480 e. The van der Waals surface area contributed by atoms with Crippen molar-refractivity contribution >= 4 is 23.6 Å². The first-order valence-electron chi connectivity index (χ1n) is 16.9. The van der Waals surface area contributed by atoms with Gasteiger partial charge in [0.15, 0.2) is 0 Å². The van der Waals surface area contributed by atoms with Gasteiger partial charge < -0.3 is 15.7 Å². The van der Waals surface area contributed by atoms with Crippen LogP contribution in [-0.4, -0.2) is 41.3 Å². The van der Waals surface area contributed by atoms with Gasteiger partial charge in [-0.3, -0.25) is 14.4 Å². The summed E-state index contributed by atoms with van der Waals surface area (Å²) in [5, 5.41) is 14.9. The van der Waals surface area contributed by atoms with Crippen molar-refractivity contribution in [2.45, 2.75) is 169 Å².